The Morgan fingerprint density at radius 3 is 2.05 bits per heavy atom. The summed E-state index contributed by atoms with van der Waals surface area (Å²) in [6.07, 6.45) is 7.33. The molecule has 0 radical (unpaired) electrons. The van der Waals surface area contributed by atoms with Crippen LogP contribution in [-0.4, -0.2) is 41.8 Å². The van der Waals surface area contributed by atoms with Crippen molar-refractivity contribution in [2.45, 2.75) is 77.0 Å². The van der Waals surface area contributed by atoms with Gasteiger partial charge in [-0.05, 0) is 46.5 Å². The standard InChI is InChI=1S/C15H28N2O2.ClH/c1-15(2,3)19-14(18)17-10-8-13(9-11-17)16-12-6-4-5-7-12;/h12-13,16H,4-11H2,1-3H3;1H. The lowest BCUT2D eigenvalue weighted by atomic mass is 10.0. The van der Waals surface area contributed by atoms with Crippen LogP contribution in [-0.2, 0) is 4.74 Å². The maximum Gasteiger partial charge on any atom is 0.410 e. The number of hydrogen-bond acceptors (Lipinski definition) is 3. The van der Waals surface area contributed by atoms with Crippen molar-refractivity contribution in [2.75, 3.05) is 13.1 Å². The Balaban J connectivity index is 0.00000200. The summed E-state index contributed by atoms with van der Waals surface area (Å²) in [4.78, 5) is 13.8. The number of rotatable bonds is 2. The van der Waals surface area contributed by atoms with Gasteiger partial charge < -0.3 is 15.0 Å². The number of hydrogen-bond donors (Lipinski definition) is 1. The van der Waals surface area contributed by atoms with Crippen LogP contribution in [0.5, 0.6) is 0 Å². The molecule has 2 aliphatic rings. The van der Waals surface area contributed by atoms with Gasteiger partial charge in [-0.15, -0.1) is 12.4 Å². The quantitative estimate of drug-likeness (QED) is 0.850. The summed E-state index contributed by atoms with van der Waals surface area (Å²) >= 11 is 0. The third-order valence-corrected chi connectivity index (χ3v) is 3.97. The van der Waals surface area contributed by atoms with Crippen molar-refractivity contribution in [1.82, 2.24) is 10.2 Å². The van der Waals surface area contributed by atoms with Gasteiger partial charge in [0.15, 0.2) is 0 Å². The molecule has 1 aliphatic carbocycles. The molecule has 0 aromatic carbocycles. The van der Waals surface area contributed by atoms with Crippen LogP contribution in [0.25, 0.3) is 0 Å². The lowest BCUT2D eigenvalue weighted by molar-refractivity contribution is 0.0196. The number of ether oxygens (including phenoxy) is 1. The highest BCUT2D eigenvalue weighted by molar-refractivity contribution is 5.85. The van der Waals surface area contributed by atoms with Crippen LogP contribution in [0.2, 0.25) is 0 Å². The van der Waals surface area contributed by atoms with Crippen molar-refractivity contribution in [3.05, 3.63) is 0 Å². The molecule has 1 heterocycles. The molecular weight excluding hydrogens is 276 g/mol. The number of nitrogens with zero attached hydrogens (tertiary/aromatic N) is 1. The van der Waals surface area contributed by atoms with Gasteiger partial charge in [0.2, 0.25) is 0 Å². The highest BCUT2D eigenvalue weighted by Gasteiger charge is 2.28. The van der Waals surface area contributed by atoms with Crippen molar-refractivity contribution in [1.29, 1.82) is 0 Å². The zero-order chi connectivity index (χ0) is 13.9. The molecule has 2 rings (SSSR count). The molecule has 0 aromatic rings. The second kappa shape index (κ2) is 7.51. The predicted octanol–water partition coefficient (Wildman–Crippen LogP) is 3.34. The van der Waals surface area contributed by atoms with Gasteiger partial charge in [0.25, 0.3) is 0 Å². The molecule has 20 heavy (non-hydrogen) atoms. The fourth-order valence-electron chi connectivity index (χ4n) is 2.98. The number of amides is 1. The van der Waals surface area contributed by atoms with Crippen molar-refractivity contribution in [3.8, 4) is 0 Å². The number of likely N-dealkylation sites (tertiary alicyclic amines) is 1. The van der Waals surface area contributed by atoms with Gasteiger partial charge in [0.05, 0.1) is 0 Å². The third kappa shape index (κ3) is 5.49. The van der Waals surface area contributed by atoms with E-state index in [0.717, 1.165) is 32.0 Å². The fraction of sp³-hybridized carbons (Fsp3) is 0.933. The molecule has 1 N–H and O–H groups in total. The van der Waals surface area contributed by atoms with E-state index < -0.39 is 5.60 Å². The molecule has 4 nitrogen and oxygen atoms in total. The number of nitrogens with one attached hydrogen (secondary N) is 1. The fourth-order valence-corrected chi connectivity index (χ4v) is 2.98. The summed E-state index contributed by atoms with van der Waals surface area (Å²) in [6.45, 7) is 7.39. The van der Waals surface area contributed by atoms with E-state index >= 15 is 0 Å². The molecule has 2 fully saturated rings. The molecular formula is C15H29ClN2O2. The van der Waals surface area contributed by atoms with Gasteiger partial charge in [-0.3, -0.25) is 0 Å². The molecule has 0 aromatic heterocycles. The topological polar surface area (TPSA) is 41.6 Å². The average molecular weight is 305 g/mol. The molecule has 5 heteroatoms. The molecule has 1 saturated carbocycles. The van der Waals surface area contributed by atoms with E-state index in [9.17, 15) is 4.79 Å². The first-order valence-corrected chi connectivity index (χ1v) is 7.68. The van der Waals surface area contributed by atoms with E-state index in [-0.39, 0.29) is 18.5 Å². The highest BCUT2D eigenvalue weighted by atomic mass is 35.5. The first kappa shape index (κ1) is 17.6. The van der Waals surface area contributed by atoms with Gasteiger partial charge >= 0.3 is 6.09 Å². The number of carbonyl (C=O) groups is 1. The second-order valence-electron chi connectivity index (χ2n) is 6.89. The van der Waals surface area contributed by atoms with E-state index in [1.54, 1.807) is 0 Å². The zero-order valence-electron chi connectivity index (χ0n) is 13.0. The van der Waals surface area contributed by atoms with Crippen LogP contribution in [0.1, 0.15) is 59.3 Å². The molecule has 1 amide bonds. The zero-order valence-corrected chi connectivity index (χ0v) is 13.8. The molecule has 0 atom stereocenters. The first-order valence-electron chi connectivity index (χ1n) is 7.68. The molecule has 0 unspecified atom stereocenters. The molecule has 1 saturated heterocycles. The predicted molar refractivity (Wildman–Crippen MR) is 83.5 cm³/mol. The summed E-state index contributed by atoms with van der Waals surface area (Å²) in [5.74, 6) is 0. The van der Waals surface area contributed by atoms with E-state index in [1.165, 1.54) is 25.7 Å². The lowest BCUT2D eigenvalue weighted by Crippen LogP contribution is -2.48. The van der Waals surface area contributed by atoms with Gasteiger partial charge in [0.1, 0.15) is 5.60 Å². The first-order chi connectivity index (χ1) is 8.94. The van der Waals surface area contributed by atoms with Gasteiger partial charge in [-0.1, -0.05) is 12.8 Å². The minimum Gasteiger partial charge on any atom is -0.444 e. The Kier molecular flexibility index (Phi) is 6.59. The maximum atomic E-state index is 11.9. The number of carbonyl (C=O) groups excluding carboxylic acids is 1. The van der Waals surface area contributed by atoms with Crippen LogP contribution >= 0.6 is 12.4 Å². The Bertz CT molecular complexity index is 303. The smallest absolute Gasteiger partial charge is 0.410 e. The Labute approximate surface area is 129 Å². The number of piperidine rings is 1. The van der Waals surface area contributed by atoms with Gasteiger partial charge in [-0.2, -0.15) is 0 Å². The maximum absolute atomic E-state index is 11.9. The van der Waals surface area contributed by atoms with E-state index in [4.69, 9.17) is 4.74 Å². The van der Waals surface area contributed by atoms with Crippen molar-refractivity contribution in [3.63, 3.8) is 0 Å². The van der Waals surface area contributed by atoms with Crippen LogP contribution in [0.4, 0.5) is 4.79 Å². The molecule has 118 valence electrons. The minimum atomic E-state index is -0.393. The summed E-state index contributed by atoms with van der Waals surface area (Å²) in [7, 11) is 0. The van der Waals surface area contributed by atoms with E-state index in [1.807, 2.05) is 25.7 Å². The normalized spacial score (nSPS) is 21.6. The summed E-state index contributed by atoms with van der Waals surface area (Å²) in [5, 5.41) is 3.75. The van der Waals surface area contributed by atoms with Gasteiger partial charge in [-0.25, -0.2) is 4.79 Å². The lowest BCUT2D eigenvalue weighted by Gasteiger charge is -2.34. The monoisotopic (exact) mass is 304 g/mol. The molecule has 1 aliphatic heterocycles. The SMILES string of the molecule is CC(C)(C)OC(=O)N1CCC(NC2CCCC2)CC1.Cl. The van der Waals surface area contributed by atoms with Crippen molar-refractivity contribution >= 4 is 18.5 Å². The van der Waals surface area contributed by atoms with Crippen LogP contribution in [0.3, 0.4) is 0 Å². The van der Waals surface area contributed by atoms with Crippen LogP contribution < -0.4 is 5.32 Å². The van der Waals surface area contributed by atoms with E-state index in [2.05, 4.69) is 5.32 Å². The second-order valence-corrected chi connectivity index (χ2v) is 6.89. The Morgan fingerprint density at radius 1 is 1.05 bits per heavy atom. The Hall–Kier alpha value is -0.480. The van der Waals surface area contributed by atoms with Crippen LogP contribution in [0, 0.1) is 0 Å². The summed E-state index contributed by atoms with van der Waals surface area (Å²) in [6, 6.07) is 1.31. The van der Waals surface area contributed by atoms with E-state index in [0.29, 0.717) is 6.04 Å². The van der Waals surface area contributed by atoms with Gasteiger partial charge in [0, 0.05) is 25.2 Å². The van der Waals surface area contributed by atoms with Crippen LogP contribution in [0.15, 0.2) is 0 Å². The molecule has 0 bridgehead atoms. The Morgan fingerprint density at radius 2 is 1.55 bits per heavy atom. The largest absolute Gasteiger partial charge is 0.444 e. The average Bonchev–Trinajstić information content (AvgIpc) is 2.80. The van der Waals surface area contributed by atoms with Crippen molar-refractivity contribution in [2.24, 2.45) is 0 Å². The third-order valence-electron chi connectivity index (χ3n) is 3.97. The summed E-state index contributed by atoms with van der Waals surface area (Å²) < 4.78 is 5.41. The number of halogens is 1. The van der Waals surface area contributed by atoms with Crippen molar-refractivity contribution < 1.29 is 9.53 Å². The minimum absolute atomic E-state index is 0. The summed E-state index contributed by atoms with van der Waals surface area (Å²) in [5.41, 5.74) is -0.393. The molecule has 0 spiro atoms. The highest BCUT2D eigenvalue weighted by Crippen LogP contribution is 2.21.